The molecule has 0 amide bonds. The van der Waals surface area contributed by atoms with Gasteiger partial charge in [-0.1, -0.05) is 26.8 Å². The number of allylic oxidation sites excluding steroid dienone is 4. The van der Waals surface area contributed by atoms with Crippen LogP contribution in [0.2, 0.25) is 0 Å². The summed E-state index contributed by atoms with van der Waals surface area (Å²) in [5.74, 6) is 0.647. The SMILES string of the molecule is C=CC(C)=N/C(C)=C(\C)NC(=N)/C=C(\N)C(CC)CCC. The van der Waals surface area contributed by atoms with Crippen LogP contribution in [0, 0.1) is 11.3 Å². The van der Waals surface area contributed by atoms with Gasteiger partial charge in [-0.25, -0.2) is 0 Å². The zero-order valence-corrected chi connectivity index (χ0v) is 14.1. The first kappa shape index (κ1) is 19.2. The summed E-state index contributed by atoms with van der Waals surface area (Å²) in [6.45, 7) is 13.6. The van der Waals surface area contributed by atoms with Crippen molar-refractivity contribution in [2.24, 2.45) is 16.6 Å². The molecule has 4 nitrogen and oxygen atoms in total. The lowest BCUT2D eigenvalue weighted by Gasteiger charge is -2.15. The van der Waals surface area contributed by atoms with Gasteiger partial charge in [0.1, 0.15) is 5.84 Å². The molecule has 0 heterocycles. The zero-order chi connectivity index (χ0) is 16.4. The maximum absolute atomic E-state index is 8.00. The van der Waals surface area contributed by atoms with Gasteiger partial charge in [-0.05, 0) is 51.7 Å². The first-order valence-electron chi connectivity index (χ1n) is 7.53. The van der Waals surface area contributed by atoms with Crippen molar-refractivity contribution in [3.63, 3.8) is 0 Å². The Morgan fingerprint density at radius 3 is 2.43 bits per heavy atom. The molecule has 0 aromatic heterocycles. The smallest absolute Gasteiger partial charge is 0.123 e. The lowest BCUT2D eigenvalue weighted by molar-refractivity contribution is 0.529. The molecule has 4 heteroatoms. The fourth-order valence-electron chi connectivity index (χ4n) is 1.96. The summed E-state index contributed by atoms with van der Waals surface area (Å²) in [5, 5.41) is 11.0. The third-order valence-electron chi connectivity index (χ3n) is 3.42. The highest BCUT2D eigenvalue weighted by Gasteiger charge is 2.09. The fraction of sp³-hybridized carbons (Fsp3) is 0.529. The van der Waals surface area contributed by atoms with Crippen LogP contribution in [-0.2, 0) is 0 Å². The number of hydrogen-bond donors (Lipinski definition) is 3. The molecule has 0 bridgehead atoms. The van der Waals surface area contributed by atoms with Gasteiger partial charge in [0, 0.05) is 17.1 Å². The van der Waals surface area contributed by atoms with E-state index in [1.165, 1.54) is 0 Å². The number of nitrogens with one attached hydrogen (secondary N) is 2. The van der Waals surface area contributed by atoms with Crippen LogP contribution in [0.1, 0.15) is 53.9 Å². The summed E-state index contributed by atoms with van der Waals surface area (Å²) in [5.41, 5.74) is 9.39. The average Bonchev–Trinajstić information content (AvgIpc) is 2.43. The zero-order valence-electron chi connectivity index (χ0n) is 14.1. The largest absolute Gasteiger partial charge is 0.402 e. The van der Waals surface area contributed by atoms with Gasteiger partial charge < -0.3 is 11.1 Å². The Bertz CT molecular complexity index is 455. The second kappa shape index (κ2) is 9.97. The van der Waals surface area contributed by atoms with Crippen molar-refractivity contribution >= 4 is 11.5 Å². The first-order chi connectivity index (χ1) is 9.85. The number of hydrogen-bond acceptors (Lipinski definition) is 3. The molecule has 0 aromatic rings. The van der Waals surface area contributed by atoms with Gasteiger partial charge in [0.05, 0.1) is 5.70 Å². The minimum absolute atomic E-state index is 0.297. The molecule has 0 aliphatic heterocycles. The van der Waals surface area contributed by atoms with E-state index in [1.54, 1.807) is 12.2 Å². The van der Waals surface area contributed by atoms with E-state index in [0.717, 1.165) is 42.1 Å². The summed E-state index contributed by atoms with van der Waals surface area (Å²) < 4.78 is 0. The molecule has 0 saturated heterocycles. The molecule has 118 valence electrons. The van der Waals surface area contributed by atoms with Gasteiger partial charge in [0.2, 0.25) is 0 Å². The Balaban J connectivity index is 4.90. The molecule has 21 heavy (non-hydrogen) atoms. The Labute approximate surface area is 129 Å². The number of nitrogens with zero attached hydrogens (tertiary/aromatic N) is 1. The van der Waals surface area contributed by atoms with Crippen molar-refractivity contribution in [1.29, 1.82) is 5.41 Å². The lowest BCUT2D eigenvalue weighted by Crippen LogP contribution is -2.22. The topological polar surface area (TPSA) is 74.3 Å². The normalized spacial score (nSPS) is 15.3. The molecule has 1 atom stereocenters. The van der Waals surface area contributed by atoms with E-state index in [9.17, 15) is 0 Å². The van der Waals surface area contributed by atoms with Crippen LogP contribution in [0.15, 0.2) is 40.8 Å². The summed E-state index contributed by atoms with van der Waals surface area (Å²) >= 11 is 0. The van der Waals surface area contributed by atoms with Gasteiger partial charge in [-0.15, -0.1) is 0 Å². The molecule has 0 aliphatic carbocycles. The quantitative estimate of drug-likeness (QED) is 0.464. The molecule has 0 aliphatic rings. The molecule has 0 rings (SSSR count). The van der Waals surface area contributed by atoms with Crippen molar-refractivity contribution in [3.05, 3.63) is 35.8 Å². The van der Waals surface area contributed by atoms with E-state index in [4.69, 9.17) is 11.1 Å². The summed E-state index contributed by atoms with van der Waals surface area (Å²) in [4.78, 5) is 4.38. The van der Waals surface area contributed by atoms with Crippen molar-refractivity contribution < 1.29 is 0 Å². The molecular formula is C17H30N4. The number of nitrogens with two attached hydrogens (primary N) is 1. The predicted molar refractivity (Wildman–Crippen MR) is 93.5 cm³/mol. The maximum atomic E-state index is 8.00. The Morgan fingerprint density at radius 2 is 1.95 bits per heavy atom. The van der Waals surface area contributed by atoms with Crippen LogP contribution in [0.3, 0.4) is 0 Å². The number of amidine groups is 1. The number of aliphatic imine (C=N–C) groups is 1. The molecule has 0 spiro atoms. The van der Waals surface area contributed by atoms with Crippen LogP contribution in [-0.4, -0.2) is 11.5 Å². The van der Waals surface area contributed by atoms with E-state index in [2.05, 4.69) is 30.7 Å². The lowest BCUT2D eigenvalue weighted by atomic mass is 9.97. The highest BCUT2D eigenvalue weighted by molar-refractivity contribution is 5.93. The minimum atomic E-state index is 0.297. The molecule has 0 fully saturated rings. The van der Waals surface area contributed by atoms with E-state index >= 15 is 0 Å². The van der Waals surface area contributed by atoms with E-state index in [1.807, 2.05) is 20.8 Å². The Morgan fingerprint density at radius 1 is 1.33 bits per heavy atom. The molecule has 4 N–H and O–H groups in total. The Hall–Kier alpha value is -1.84. The number of rotatable bonds is 8. The summed E-state index contributed by atoms with van der Waals surface area (Å²) in [6.07, 6.45) is 6.57. The standard InChI is InChI=1S/C17H30N4/c1-7-10-15(9-3)16(18)11-17(19)21-14(6)13(5)20-12(4)8-2/h8,11,15H,2,7,9-10,18H2,1,3-6H3,(H2,19,21)/b14-13+,16-11-,20-12?. The van der Waals surface area contributed by atoms with E-state index < -0.39 is 0 Å². The van der Waals surface area contributed by atoms with E-state index in [-0.39, 0.29) is 0 Å². The molecule has 0 saturated carbocycles. The third-order valence-corrected chi connectivity index (χ3v) is 3.42. The Kier molecular flexibility index (Phi) is 9.10. The second-order valence-electron chi connectivity index (χ2n) is 5.24. The average molecular weight is 290 g/mol. The summed E-state index contributed by atoms with van der Waals surface area (Å²) in [7, 11) is 0. The third kappa shape index (κ3) is 7.49. The molecular weight excluding hydrogens is 260 g/mol. The van der Waals surface area contributed by atoms with Crippen molar-refractivity contribution in [3.8, 4) is 0 Å². The van der Waals surface area contributed by atoms with E-state index in [0.29, 0.717) is 11.8 Å². The summed E-state index contributed by atoms with van der Waals surface area (Å²) in [6, 6.07) is 0. The first-order valence-corrected chi connectivity index (χ1v) is 7.53. The highest BCUT2D eigenvalue weighted by Crippen LogP contribution is 2.16. The van der Waals surface area contributed by atoms with Crippen LogP contribution >= 0.6 is 0 Å². The van der Waals surface area contributed by atoms with Crippen LogP contribution in [0.4, 0.5) is 0 Å². The van der Waals surface area contributed by atoms with Gasteiger partial charge in [-0.3, -0.25) is 10.4 Å². The highest BCUT2D eigenvalue weighted by atomic mass is 15.0. The predicted octanol–water partition coefficient (Wildman–Crippen LogP) is 4.12. The van der Waals surface area contributed by atoms with Crippen molar-refractivity contribution in [1.82, 2.24) is 5.32 Å². The molecule has 1 unspecified atom stereocenters. The maximum Gasteiger partial charge on any atom is 0.123 e. The van der Waals surface area contributed by atoms with Crippen molar-refractivity contribution in [2.75, 3.05) is 0 Å². The van der Waals surface area contributed by atoms with Gasteiger partial charge in [-0.2, -0.15) is 0 Å². The van der Waals surface area contributed by atoms with Gasteiger partial charge in [0.25, 0.3) is 0 Å². The fourth-order valence-corrected chi connectivity index (χ4v) is 1.96. The van der Waals surface area contributed by atoms with Crippen LogP contribution in [0.25, 0.3) is 0 Å². The monoisotopic (exact) mass is 290 g/mol. The van der Waals surface area contributed by atoms with Crippen LogP contribution < -0.4 is 11.1 Å². The molecule has 0 radical (unpaired) electrons. The van der Waals surface area contributed by atoms with Gasteiger partial charge >= 0.3 is 0 Å². The minimum Gasteiger partial charge on any atom is -0.402 e. The second-order valence-corrected chi connectivity index (χ2v) is 5.24. The van der Waals surface area contributed by atoms with Crippen molar-refractivity contribution in [2.45, 2.75) is 53.9 Å². The molecule has 0 aromatic carbocycles. The van der Waals surface area contributed by atoms with Crippen LogP contribution in [0.5, 0.6) is 0 Å². The van der Waals surface area contributed by atoms with Gasteiger partial charge in [0.15, 0.2) is 0 Å².